The van der Waals surface area contributed by atoms with Crippen LogP contribution in [-0.4, -0.2) is 32.5 Å². The first-order valence-corrected chi connectivity index (χ1v) is 11.4. The smallest absolute Gasteiger partial charge is 0.240 e. The molecule has 3 aromatic rings. The number of hydrogen-bond donors (Lipinski definition) is 1. The van der Waals surface area contributed by atoms with Crippen LogP contribution in [0.1, 0.15) is 12.8 Å². The van der Waals surface area contributed by atoms with Crippen LogP contribution in [0.15, 0.2) is 65.0 Å². The van der Waals surface area contributed by atoms with Gasteiger partial charge in [-0.2, -0.15) is 0 Å². The molecule has 1 N–H and O–H groups in total. The number of nitrogens with one attached hydrogen (secondary N) is 1. The van der Waals surface area contributed by atoms with Gasteiger partial charge in [0.15, 0.2) is 5.13 Å². The summed E-state index contributed by atoms with van der Waals surface area (Å²) in [7, 11) is -3.58. The minimum Gasteiger partial charge on any atom is -0.348 e. The van der Waals surface area contributed by atoms with Crippen molar-refractivity contribution < 1.29 is 12.8 Å². The number of nitrogens with zero attached hydrogens (tertiary/aromatic N) is 2. The summed E-state index contributed by atoms with van der Waals surface area (Å²) in [6.07, 6.45) is 3.27. The molecule has 0 amide bonds. The summed E-state index contributed by atoms with van der Waals surface area (Å²) in [4.78, 5) is 6.73. The lowest BCUT2D eigenvalue weighted by atomic mass is 10.1. The van der Waals surface area contributed by atoms with Crippen molar-refractivity contribution in [3.05, 3.63) is 65.9 Å². The molecule has 0 aliphatic carbocycles. The summed E-state index contributed by atoms with van der Waals surface area (Å²) in [5.74, 6) is -0.298. The molecular formula is C20H20FN3O2S2. The highest BCUT2D eigenvalue weighted by atomic mass is 32.2. The molecule has 2 aromatic carbocycles. The van der Waals surface area contributed by atoms with Crippen molar-refractivity contribution >= 4 is 26.5 Å². The van der Waals surface area contributed by atoms with Gasteiger partial charge in [0, 0.05) is 30.7 Å². The largest absolute Gasteiger partial charge is 0.348 e. The number of sulfonamides is 1. The molecule has 28 heavy (non-hydrogen) atoms. The molecule has 0 unspecified atom stereocenters. The van der Waals surface area contributed by atoms with E-state index >= 15 is 0 Å². The molecule has 1 fully saturated rings. The van der Waals surface area contributed by atoms with Gasteiger partial charge in [-0.3, -0.25) is 0 Å². The van der Waals surface area contributed by atoms with Crippen LogP contribution in [0.4, 0.5) is 9.52 Å². The first-order chi connectivity index (χ1) is 13.5. The Morgan fingerprint density at radius 2 is 1.61 bits per heavy atom. The molecule has 146 valence electrons. The lowest BCUT2D eigenvalue weighted by Crippen LogP contribution is -2.44. The number of aromatic nitrogens is 1. The van der Waals surface area contributed by atoms with Crippen molar-refractivity contribution in [2.45, 2.75) is 23.8 Å². The third kappa shape index (κ3) is 4.24. The van der Waals surface area contributed by atoms with E-state index in [0.717, 1.165) is 42.2 Å². The summed E-state index contributed by atoms with van der Waals surface area (Å²) in [6.45, 7) is 1.56. The second kappa shape index (κ2) is 7.98. The van der Waals surface area contributed by atoms with E-state index in [0.29, 0.717) is 0 Å². The molecule has 0 saturated carbocycles. The van der Waals surface area contributed by atoms with Gasteiger partial charge in [0.05, 0.1) is 4.90 Å². The SMILES string of the molecule is O=S(=O)(NC1CCN(c2nccs2)CC1)c1ccc(-c2ccc(F)cc2)cc1. The van der Waals surface area contributed by atoms with Gasteiger partial charge in [-0.15, -0.1) is 11.3 Å². The number of hydrogen-bond acceptors (Lipinski definition) is 5. The first kappa shape index (κ1) is 19.0. The maximum absolute atomic E-state index is 13.1. The topological polar surface area (TPSA) is 62.3 Å². The van der Waals surface area contributed by atoms with Crippen LogP contribution < -0.4 is 9.62 Å². The summed E-state index contributed by atoms with van der Waals surface area (Å²) in [5, 5.41) is 2.93. The Morgan fingerprint density at radius 3 is 2.18 bits per heavy atom. The zero-order valence-electron chi connectivity index (χ0n) is 15.1. The molecule has 5 nitrogen and oxygen atoms in total. The second-order valence-corrected chi connectivity index (χ2v) is 9.32. The van der Waals surface area contributed by atoms with Gasteiger partial charge in [-0.25, -0.2) is 22.5 Å². The zero-order chi connectivity index (χ0) is 19.6. The van der Waals surface area contributed by atoms with Gasteiger partial charge >= 0.3 is 0 Å². The van der Waals surface area contributed by atoms with Crippen LogP contribution in [0.25, 0.3) is 11.1 Å². The summed E-state index contributed by atoms with van der Waals surface area (Å²) < 4.78 is 41.3. The van der Waals surface area contributed by atoms with Gasteiger partial charge in [-0.1, -0.05) is 24.3 Å². The van der Waals surface area contributed by atoms with Crippen LogP contribution in [0.5, 0.6) is 0 Å². The highest BCUT2D eigenvalue weighted by Crippen LogP contribution is 2.24. The Kier molecular flexibility index (Phi) is 5.43. The zero-order valence-corrected chi connectivity index (χ0v) is 16.7. The third-order valence-electron chi connectivity index (χ3n) is 4.85. The predicted octanol–water partition coefficient (Wildman–Crippen LogP) is 3.90. The quantitative estimate of drug-likeness (QED) is 0.684. The minimum atomic E-state index is -3.58. The summed E-state index contributed by atoms with van der Waals surface area (Å²) in [6, 6.07) is 12.7. The third-order valence-corrected chi connectivity index (χ3v) is 7.22. The molecule has 2 heterocycles. The minimum absolute atomic E-state index is 0.0852. The molecular weight excluding hydrogens is 397 g/mol. The molecule has 4 rings (SSSR count). The van der Waals surface area contributed by atoms with E-state index in [4.69, 9.17) is 0 Å². The lowest BCUT2D eigenvalue weighted by molar-refractivity contribution is 0.460. The van der Waals surface area contributed by atoms with Crippen molar-refractivity contribution in [3.63, 3.8) is 0 Å². The van der Waals surface area contributed by atoms with Crippen molar-refractivity contribution in [3.8, 4) is 11.1 Å². The molecule has 8 heteroatoms. The van der Waals surface area contributed by atoms with E-state index in [2.05, 4.69) is 14.6 Å². The highest BCUT2D eigenvalue weighted by molar-refractivity contribution is 7.89. The average Bonchev–Trinajstić information content (AvgIpc) is 3.24. The van der Waals surface area contributed by atoms with E-state index in [-0.39, 0.29) is 16.8 Å². The predicted molar refractivity (Wildman–Crippen MR) is 110 cm³/mol. The van der Waals surface area contributed by atoms with E-state index in [1.54, 1.807) is 53.9 Å². The van der Waals surface area contributed by atoms with Crippen molar-refractivity contribution in [2.75, 3.05) is 18.0 Å². The van der Waals surface area contributed by atoms with Gasteiger partial charge in [0.25, 0.3) is 0 Å². The number of piperidine rings is 1. The average molecular weight is 418 g/mol. The molecule has 1 saturated heterocycles. The van der Waals surface area contributed by atoms with E-state index in [1.807, 2.05) is 5.38 Å². The summed E-state index contributed by atoms with van der Waals surface area (Å²) in [5.41, 5.74) is 1.68. The Morgan fingerprint density at radius 1 is 1.00 bits per heavy atom. The van der Waals surface area contributed by atoms with Crippen LogP contribution in [0.2, 0.25) is 0 Å². The van der Waals surface area contributed by atoms with Crippen LogP contribution >= 0.6 is 11.3 Å². The van der Waals surface area contributed by atoms with E-state index in [1.165, 1.54) is 12.1 Å². The Balaban J connectivity index is 1.40. The molecule has 0 spiro atoms. The van der Waals surface area contributed by atoms with Crippen LogP contribution in [-0.2, 0) is 10.0 Å². The molecule has 1 aliphatic heterocycles. The lowest BCUT2D eigenvalue weighted by Gasteiger charge is -2.31. The maximum atomic E-state index is 13.1. The normalized spacial score (nSPS) is 15.7. The number of thiazole rings is 1. The second-order valence-electron chi connectivity index (χ2n) is 6.73. The van der Waals surface area contributed by atoms with Crippen molar-refractivity contribution in [1.82, 2.24) is 9.71 Å². The molecule has 0 bridgehead atoms. The van der Waals surface area contributed by atoms with Gasteiger partial charge in [-0.05, 0) is 48.2 Å². The number of halogens is 1. The van der Waals surface area contributed by atoms with Crippen molar-refractivity contribution in [1.29, 1.82) is 0 Å². The van der Waals surface area contributed by atoms with Gasteiger partial charge < -0.3 is 4.90 Å². The summed E-state index contributed by atoms with van der Waals surface area (Å²) >= 11 is 1.60. The molecule has 1 aliphatic rings. The van der Waals surface area contributed by atoms with Crippen LogP contribution in [0.3, 0.4) is 0 Å². The fraction of sp³-hybridized carbons (Fsp3) is 0.250. The standard InChI is InChI=1S/C20H20FN3O2S2/c21-17-5-1-15(2-6-17)16-3-7-19(8-4-16)28(25,26)23-18-9-12-24(13-10-18)20-22-11-14-27-20/h1-8,11,14,18,23H,9-10,12-13H2. The monoisotopic (exact) mass is 417 g/mol. The van der Waals surface area contributed by atoms with E-state index < -0.39 is 10.0 Å². The van der Waals surface area contributed by atoms with Crippen LogP contribution in [0, 0.1) is 5.82 Å². The number of benzene rings is 2. The van der Waals surface area contributed by atoms with Gasteiger partial charge in [0.1, 0.15) is 5.82 Å². The fourth-order valence-corrected chi connectivity index (χ4v) is 5.32. The fourth-order valence-electron chi connectivity index (χ4n) is 3.32. The van der Waals surface area contributed by atoms with Crippen molar-refractivity contribution in [2.24, 2.45) is 0 Å². The molecule has 0 atom stereocenters. The van der Waals surface area contributed by atoms with E-state index in [9.17, 15) is 12.8 Å². The molecule has 1 aromatic heterocycles. The molecule has 0 radical (unpaired) electrons. The first-order valence-electron chi connectivity index (χ1n) is 9.04. The van der Waals surface area contributed by atoms with Gasteiger partial charge in [0.2, 0.25) is 10.0 Å². The maximum Gasteiger partial charge on any atom is 0.240 e. The Hall–Kier alpha value is -2.29. The highest BCUT2D eigenvalue weighted by Gasteiger charge is 2.25. The number of rotatable bonds is 5. The Labute approximate surface area is 167 Å². The number of anilines is 1. The Bertz CT molecular complexity index is 1010.